The second kappa shape index (κ2) is 5.14. The monoisotopic (exact) mass is 288 g/mol. The molecule has 0 spiro atoms. The topological polar surface area (TPSA) is 43.4 Å². The Bertz CT molecular complexity index is 485. The number of hydrogen-bond donors (Lipinski definition) is 0. The van der Waals surface area contributed by atoms with Crippen molar-refractivity contribution in [3.05, 3.63) is 29.8 Å². The van der Waals surface area contributed by atoms with Crippen LogP contribution in [0.25, 0.3) is 0 Å². The quantitative estimate of drug-likeness (QED) is 0.800. The van der Waals surface area contributed by atoms with Gasteiger partial charge in [0.15, 0.2) is 0 Å². The number of benzene rings is 1. The van der Waals surface area contributed by atoms with Gasteiger partial charge in [0.2, 0.25) is 9.05 Å². The largest absolute Gasteiger partial charge is 0.492 e. The molecule has 0 aliphatic carbocycles. The average Bonchev–Trinajstić information content (AvgIpc) is 2.15. The lowest BCUT2D eigenvalue weighted by atomic mass is 10.2. The van der Waals surface area contributed by atoms with Gasteiger partial charge in [-0.3, -0.25) is 0 Å². The van der Waals surface area contributed by atoms with Crippen molar-refractivity contribution in [2.75, 3.05) is 12.4 Å². The van der Waals surface area contributed by atoms with Crippen molar-refractivity contribution in [2.45, 2.75) is 6.18 Å². The van der Waals surface area contributed by atoms with Crippen LogP contribution in [0, 0.1) is 0 Å². The fourth-order valence-corrected chi connectivity index (χ4v) is 1.55. The number of hydrogen-bond acceptors (Lipinski definition) is 3. The maximum Gasteiger partial charge on any atom is 0.419 e. The molecular weight excluding hydrogens is 281 g/mol. The molecular formula is C9H8ClF3O3S. The highest BCUT2D eigenvalue weighted by atomic mass is 35.7. The zero-order valence-electron chi connectivity index (χ0n) is 8.37. The predicted molar refractivity (Wildman–Crippen MR) is 56.6 cm³/mol. The van der Waals surface area contributed by atoms with Crippen LogP contribution in [0.1, 0.15) is 5.56 Å². The van der Waals surface area contributed by atoms with Gasteiger partial charge in [-0.05, 0) is 12.1 Å². The highest BCUT2D eigenvalue weighted by molar-refractivity contribution is 8.13. The minimum Gasteiger partial charge on any atom is -0.492 e. The van der Waals surface area contributed by atoms with Gasteiger partial charge in [-0.1, -0.05) is 12.1 Å². The third kappa shape index (κ3) is 4.82. The van der Waals surface area contributed by atoms with E-state index in [1.165, 1.54) is 12.1 Å². The second-order valence-corrected chi connectivity index (χ2v) is 5.98. The fourth-order valence-electron chi connectivity index (χ4n) is 1.08. The molecule has 0 heterocycles. The molecule has 96 valence electrons. The molecule has 3 nitrogen and oxygen atoms in total. The Labute approximate surface area is 101 Å². The molecule has 0 aliphatic heterocycles. The van der Waals surface area contributed by atoms with Crippen LogP contribution in [0.3, 0.4) is 0 Å². The van der Waals surface area contributed by atoms with Crippen LogP contribution in [0.5, 0.6) is 5.75 Å². The van der Waals surface area contributed by atoms with Crippen LogP contribution in [-0.4, -0.2) is 20.8 Å². The summed E-state index contributed by atoms with van der Waals surface area (Å²) in [7, 11) is 1.12. The fraction of sp³-hybridized carbons (Fsp3) is 0.333. The van der Waals surface area contributed by atoms with Gasteiger partial charge in [0.1, 0.15) is 12.4 Å². The maximum absolute atomic E-state index is 12.5. The van der Waals surface area contributed by atoms with Crippen molar-refractivity contribution in [3.8, 4) is 5.75 Å². The summed E-state index contributed by atoms with van der Waals surface area (Å²) in [5.74, 6) is -0.971. The zero-order valence-corrected chi connectivity index (χ0v) is 9.94. The van der Waals surface area contributed by atoms with E-state index in [0.29, 0.717) is 0 Å². The lowest BCUT2D eigenvalue weighted by Gasteiger charge is -2.12. The van der Waals surface area contributed by atoms with E-state index in [1.807, 2.05) is 0 Å². The van der Waals surface area contributed by atoms with E-state index in [-0.39, 0.29) is 0 Å². The summed E-state index contributed by atoms with van der Waals surface area (Å²) in [4.78, 5) is 0. The maximum atomic E-state index is 12.5. The first-order chi connectivity index (χ1) is 7.70. The lowest BCUT2D eigenvalue weighted by Crippen LogP contribution is -2.13. The molecule has 0 amide bonds. The van der Waals surface area contributed by atoms with Crippen molar-refractivity contribution in [2.24, 2.45) is 0 Å². The summed E-state index contributed by atoms with van der Waals surface area (Å²) in [5, 5.41) is 0. The standard InChI is InChI=1S/C9H8ClF3O3S/c10-17(14,15)6-5-16-8-4-2-1-3-7(8)9(11,12)13/h1-4H,5-6H2. The molecule has 0 bridgehead atoms. The first-order valence-electron chi connectivity index (χ1n) is 4.41. The van der Waals surface area contributed by atoms with Gasteiger partial charge in [-0.2, -0.15) is 13.2 Å². The van der Waals surface area contributed by atoms with Crippen molar-refractivity contribution in [3.63, 3.8) is 0 Å². The van der Waals surface area contributed by atoms with Gasteiger partial charge in [-0.15, -0.1) is 0 Å². The van der Waals surface area contributed by atoms with Gasteiger partial charge in [0.25, 0.3) is 0 Å². The summed E-state index contributed by atoms with van der Waals surface area (Å²) in [5.41, 5.74) is -0.952. The average molecular weight is 289 g/mol. The van der Waals surface area contributed by atoms with Crippen molar-refractivity contribution >= 4 is 19.7 Å². The summed E-state index contributed by atoms with van der Waals surface area (Å²) in [6.45, 7) is -0.432. The first-order valence-corrected chi connectivity index (χ1v) is 6.89. The van der Waals surface area contributed by atoms with Gasteiger partial charge in [-0.25, -0.2) is 8.42 Å². The van der Waals surface area contributed by atoms with E-state index in [9.17, 15) is 21.6 Å². The SMILES string of the molecule is O=S(=O)(Cl)CCOc1ccccc1C(F)(F)F. The molecule has 0 fully saturated rings. The van der Waals surface area contributed by atoms with E-state index in [4.69, 9.17) is 15.4 Å². The van der Waals surface area contributed by atoms with Crippen molar-refractivity contribution < 1.29 is 26.3 Å². The van der Waals surface area contributed by atoms with Gasteiger partial charge >= 0.3 is 6.18 Å². The molecule has 1 rings (SSSR count). The van der Waals surface area contributed by atoms with Crippen LogP contribution < -0.4 is 4.74 Å². The van der Waals surface area contributed by atoms with Crippen LogP contribution in [0.15, 0.2) is 24.3 Å². The third-order valence-corrected chi connectivity index (χ3v) is 2.89. The molecule has 0 aliphatic rings. The molecule has 1 aromatic carbocycles. The van der Waals surface area contributed by atoms with Crippen LogP contribution >= 0.6 is 10.7 Å². The smallest absolute Gasteiger partial charge is 0.419 e. The molecule has 1 aromatic rings. The summed E-state index contributed by atoms with van der Waals surface area (Å²) < 4.78 is 63.3. The van der Waals surface area contributed by atoms with E-state index in [2.05, 4.69) is 0 Å². The highest BCUT2D eigenvalue weighted by Crippen LogP contribution is 2.35. The second-order valence-electron chi connectivity index (χ2n) is 3.09. The molecule has 0 saturated heterocycles. The summed E-state index contributed by atoms with van der Waals surface area (Å²) >= 11 is 0. The van der Waals surface area contributed by atoms with Crippen molar-refractivity contribution in [1.29, 1.82) is 0 Å². The molecule has 8 heteroatoms. The summed E-state index contributed by atoms with van der Waals surface area (Å²) in [6.07, 6.45) is -4.55. The Kier molecular flexibility index (Phi) is 4.26. The number of para-hydroxylation sites is 1. The minimum atomic E-state index is -4.55. The lowest BCUT2D eigenvalue weighted by molar-refractivity contribution is -0.138. The van der Waals surface area contributed by atoms with Gasteiger partial charge < -0.3 is 4.74 Å². The number of halogens is 4. The summed E-state index contributed by atoms with van der Waals surface area (Å²) in [6, 6.07) is 4.54. The highest BCUT2D eigenvalue weighted by Gasteiger charge is 2.33. The first kappa shape index (κ1) is 14.1. The van der Waals surface area contributed by atoms with E-state index >= 15 is 0 Å². The number of alkyl halides is 3. The zero-order chi connectivity index (χ0) is 13.1. The Morgan fingerprint density at radius 2 is 1.82 bits per heavy atom. The van der Waals surface area contributed by atoms with E-state index in [1.54, 1.807) is 0 Å². The molecule has 0 saturated carbocycles. The molecule has 0 radical (unpaired) electrons. The Morgan fingerprint density at radius 3 is 2.35 bits per heavy atom. The molecule has 0 unspecified atom stereocenters. The third-order valence-electron chi connectivity index (χ3n) is 1.78. The number of rotatable bonds is 4. The van der Waals surface area contributed by atoms with Crippen LogP contribution in [0.2, 0.25) is 0 Å². The molecule has 0 N–H and O–H groups in total. The van der Waals surface area contributed by atoms with E-state index in [0.717, 1.165) is 12.1 Å². The van der Waals surface area contributed by atoms with Crippen LogP contribution in [0.4, 0.5) is 13.2 Å². The Hall–Kier alpha value is -0.950. The predicted octanol–water partition coefficient (Wildman–Crippen LogP) is 2.65. The number of ether oxygens (including phenoxy) is 1. The van der Waals surface area contributed by atoms with E-state index < -0.39 is 38.9 Å². The normalized spacial score (nSPS) is 12.5. The van der Waals surface area contributed by atoms with Crippen LogP contribution in [-0.2, 0) is 15.2 Å². The molecule has 17 heavy (non-hydrogen) atoms. The van der Waals surface area contributed by atoms with Crippen molar-refractivity contribution in [1.82, 2.24) is 0 Å². The minimum absolute atomic E-state index is 0.416. The molecule has 0 aromatic heterocycles. The van der Waals surface area contributed by atoms with Gasteiger partial charge in [0, 0.05) is 10.7 Å². The Morgan fingerprint density at radius 1 is 1.24 bits per heavy atom. The molecule has 0 atom stereocenters. The van der Waals surface area contributed by atoms with Gasteiger partial charge in [0.05, 0.1) is 11.3 Å². The Balaban J connectivity index is 2.78.